The van der Waals surface area contributed by atoms with Crippen LogP contribution >= 0.6 is 11.6 Å². The van der Waals surface area contributed by atoms with E-state index < -0.39 is 17.8 Å². The van der Waals surface area contributed by atoms with E-state index in [1.807, 2.05) is 6.07 Å². The Kier molecular flexibility index (Phi) is 4.55. The van der Waals surface area contributed by atoms with E-state index in [0.717, 1.165) is 5.39 Å². The molecule has 28 heavy (non-hydrogen) atoms. The largest absolute Gasteiger partial charge is 0.451 e. The van der Waals surface area contributed by atoms with Crippen molar-refractivity contribution in [1.29, 1.82) is 0 Å². The minimum Gasteiger partial charge on any atom is -0.451 e. The maximum absolute atomic E-state index is 13.4. The van der Waals surface area contributed by atoms with Crippen LogP contribution in [0, 0.1) is 0 Å². The van der Waals surface area contributed by atoms with Gasteiger partial charge in [0.1, 0.15) is 11.3 Å². The molecule has 4 nitrogen and oxygen atoms in total. The Bertz CT molecular complexity index is 1140. The number of hydrogen-bond donors (Lipinski definition) is 2. The van der Waals surface area contributed by atoms with Gasteiger partial charge in [-0.2, -0.15) is 13.2 Å². The van der Waals surface area contributed by atoms with Gasteiger partial charge in [-0.3, -0.25) is 4.79 Å². The fourth-order valence-electron chi connectivity index (χ4n) is 3.22. The SMILES string of the molecule is O=C(NCCc1c(C(F)(F)F)[nH]c2c(Cl)cccc12)c1cc2ccccc2o1. The lowest BCUT2D eigenvalue weighted by molar-refractivity contribution is -0.141. The van der Waals surface area contributed by atoms with Crippen LogP contribution in [0.1, 0.15) is 21.8 Å². The lowest BCUT2D eigenvalue weighted by atomic mass is 10.1. The van der Waals surface area contributed by atoms with Crippen molar-refractivity contribution >= 4 is 39.4 Å². The van der Waals surface area contributed by atoms with Crippen LogP contribution in [0.25, 0.3) is 21.9 Å². The molecule has 144 valence electrons. The van der Waals surface area contributed by atoms with E-state index >= 15 is 0 Å². The molecule has 0 spiro atoms. The highest BCUT2D eigenvalue weighted by Crippen LogP contribution is 2.37. The summed E-state index contributed by atoms with van der Waals surface area (Å²) in [6.07, 6.45) is -4.57. The second-order valence-electron chi connectivity index (χ2n) is 6.29. The van der Waals surface area contributed by atoms with E-state index in [1.54, 1.807) is 36.4 Å². The minimum absolute atomic E-state index is 0.0123. The zero-order valence-electron chi connectivity index (χ0n) is 14.4. The first-order chi connectivity index (χ1) is 13.3. The summed E-state index contributed by atoms with van der Waals surface area (Å²) in [6, 6.07) is 13.4. The Morgan fingerprint density at radius 3 is 2.68 bits per heavy atom. The minimum atomic E-state index is -4.56. The quantitative estimate of drug-likeness (QED) is 0.466. The smallest absolute Gasteiger partial charge is 0.431 e. The number of nitrogens with one attached hydrogen (secondary N) is 2. The number of benzene rings is 2. The van der Waals surface area contributed by atoms with Crippen molar-refractivity contribution in [3.8, 4) is 0 Å². The summed E-state index contributed by atoms with van der Waals surface area (Å²) in [7, 11) is 0. The number of fused-ring (bicyclic) bond motifs is 2. The van der Waals surface area contributed by atoms with Gasteiger partial charge >= 0.3 is 6.18 Å². The Morgan fingerprint density at radius 1 is 1.14 bits per heavy atom. The van der Waals surface area contributed by atoms with E-state index in [-0.39, 0.29) is 34.8 Å². The fourth-order valence-corrected chi connectivity index (χ4v) is 3.44. The number of aromatic amines is 1. The topological polar surface area (TPSA) is 58.0 Å². The standard InChI is InChI=1S/C20H14ClF3N2O2/c21-14-6-3-5-12-13(18(20(22,23)24)26-17(12)14)8-9-25-19(27)16-10-11-4-1-2-7-15(11)28-16/h1-7,10,26H,8-9H2,(H,25,27). The van der Waals surface area contributed by atoms with Crippen LogP contribution in [-0.4, -0.2) is 17.4 Å². The predicted molar refractivity (Wildman–Crippen MR) is 101 cm³/mol. The van der Waals surface area contributed by atoms with Crippen LogP contribution in [0.15, 0.2) is 52.9 Å². The Morgan fingerprint density at radius 2 is 1.93 bits per heavy atom. The molecule has 0 fully saturated rings. The summed E-state index contributed by atoms with van der Waals surface area (Å²) in [4.78, 5) is 14.7. The number of para-hydroxylation sites is 2. The van der Waals surface area contributed by atoms with Gasteiger partial charge in [0.25, 0.3) is 5.91 Å². The Hall–Kier alpha value is -2.93. The van der Waals surface area contributed by atoms with Crippen molar-refractivity contribution in [2.24, 2.45) is 0 Å². The molecule has 2 aromatic carbocycles. The molecule has 0 atom stereocenters. The lowest BCUT2D eigenvalue weighted by Crippen LogP contribution is -2.25. The van der Waals surface area contributed by atoms with Crippen molar-refractivity contribution < 1.29 is 22.4 Å². The molecule has 0 aliphatic heterocycles. The first-order valence-corrected chi connectivity index (χ1v) is 8.85. The van der Waals surface area contributed by atoms with Gasteiger partial charge in [-0.15, -0.1) is 0 Å². The molecule has 1 amide bonds. The van der Waals surface area contributed by atoms with E-state index in [1.165, 1.54) is 6.07 Å². The highest BCUT2D eigenvalue weighted by molar-refractivity contribution is 6.35. The van der Waals surface area contributed by atoms with E-state index in [9.17, 15) is 18.0 Å². The van der Waals surface area contributed by atoms with Gasteiger partial charge in [-0.05, 0) is 30.2 Å². The molecule has 2 N–H and O–H groups in total. The van der Waals surface area contributed by atoms with Gasteiger partial charge in [-0.25, -0.2) is 0 Å². The Labute approximate surface area is 162 Å². The summed E-state index contributed by atoms with van der Waals surface area (Å²) >= 11 is 6.01. The van der Waals surface area contributed by atoms with Crippen LogP contribution in [0.3, 0.4) is 0 Å². The van der Waals surface area contributed by atoms with Crippen molar-refractivity contribution in [1.82, 2.24) is 10.3 Å². The van der Waals surface area contributed by atoms with Gasteiger partial charge < -0.3 is 14.7 Å². The number of alkyl halides is 3. The molecule has 8 heteroatoms. The summed E-state index contributed by atoms with van der Waals surface area (Å²) < 4.78 is 45.7. The number of amides is 1. The van der Waals surface area contributed by atoms with Gasteiger partial charge in [0.05, 0.1) is 10.5 Å². The van der Waals surface area contributed by atoms with Crippen LogP contribution in [-0.2, 0) is 12.6 Å². The van der Waals surface area contributed by atoms with Crippen molar-refractivity contribution in [2.75, 3.05) is 6.54 Å². The number of rotatable bonds is 4. The number of H-pyrrole nitrogens is 1. The normalized spacial score (nSPS) is 12.0. The van der Waals surface area contributed by atoms with Gasteiger partial charge in [0, 0.05) is 17.3 Å². The predicted octanol–water partition coefficient (Wildman–Crippen LogP) is 5.56. The maximum Gasteiger partial charge on any atom is 0.431 e. The molecule has 2 heterocycles. The highest BCUT2D eigenvalue weighted by Gasteiger charge is 2.36. The van der Waals surface area contributed by atoms with Crippen LogP contribution in [0.4, 0.5) is 13.2 Å². The monoisotopic (exact) mass is 406 g/mol. The summed E-state index contributed by atoms with van der Waals surface area (Å²) in [6.45, 7) is 0.0123. The number of furan rings is 1. The number of aromatic nitrogens is 1. The van der Waals surface area contributed by atoms with Gasteiger partial charge in [0.2, 0.25) is 0 Å². The third-order valence-electron chi connectivity index (χ3n) is 4.48. The van der Waals surface area contributed by atoms with Gasteiger partial charge in [0.15, 0.2) is 5.76 Å². The maximum atomic E-state index is 13.4. The average molecular weight is 407 g/mol. The second kappa shape index (κ2) is 6.91. The molecular weight excluding hydrogens is 393 g/mol. The Balaban J connectivity index is 1.55. The molecule has 4 rings (SSSR count). The first kappa shape index (κ1) is 18.4. The van der Waals surface area contributed by atoms with E-state index in [4.69, 9.17) is 16.0 Å². The number of halogens is 4. The summed E-state index contributed by atoms with van der Waals surface area (Å²) in [5.41, 5.74) is 0.0110. The number of carbonyl (C=O) groups excluding carboxylic acids is 1. The third-order valence-corrected chi connectivity index (χ3v) is 4.80. The van der Waals surface area contributed by atoms with Crippen molar-refractivity contribution in [3.05, 3.63) is 70.6 Å². The number of carbonyl (C=O) groups is 1. The molecule has 0 unspecified atom stereocenters. The molecular formula is C20H14ClF3N2O2. The van der Waals surface area contributed by atoms with Crippen LogP contribution < -0.4 is 5.32 Å². The summed E-state index contributed by atoms with van der Waals surface area (Å²) in [5, 5.41) is 3.98. The van der Waals surface area contributed by atoms with E-state index in [2.05, 4.69) is 10.3 Å². The molecule has 2 aromatic heterocycles. The summed E-state index contributed by atoms with van der Waals surface area (Å²) in [5.74, 6) is -0.373. The first-order valence-electron chi connectivity index (χ1n) is 8.47. The molecule has 0 radical (unpaired) electrons. The molecule has 0 bridgehead atoms. The molecule has 0 aliphatic carbocycles. The molecule has 0 saturated heterocycles. The third kappa shape index (κ3) is 3.33. The fraction of sp³-hybridized carbons (Fsp3) is 0.150. The lowest BCUT2D eigenvalue weighted by Gasteiger charge is -2.09. The molecule has 0 saturated carbocycles. The van der Waals surface area contributed by atoms with Crippen molar-refractivity contribution in [3.63, 3.8) is 0 Å². The molecule has 0 aliphatic rings. The van der Waals surface area contributed by atoms with Crippen LogP contribution in [0.2, 0.25) is 5.02 Å². The van der Waals surface area contributed by atoms with E-state index in [0.29, 0.717) is 11.0 Å². The second-order valence-corrected chi connectivity index (χ2v) is 6.70. The van der Waals surface area contributed by atoms with Gasteiger partial charge in [-0.1, -0.05) is 41.9 Å². The zero-order valence-corrected chi connectivity index (χ0v) is 15.1. The zero-order chi connectivity index (χ0) is 19.9. The van der Waals surface area contributed by atoms with Crippen LogP contribution in [0.5, 0.6) is 0 Å². The highest BCUT2D eigenvalue weighted by atomic mass is 35.5. The number of hydrogen-bond acceptors (Lipinski definition) is 2. The average Bonchev–Trinajstić information content (AvgIpc) is 3.24. The van der Waals surface area contributed by atoms with Crippen molar-refractivity contribution in [2.45, 2.75) is 12.6 Å². The molecule has 4 aromatic rings.